The number of ether oxygens (including phenoxy) is 2. The Balaban J connectivity index is 1.77. The van der Waals surface area contributed by atoms with Gasteiger partial charge in [-0.2, -0.15) is 0 Å². The summed E-state index contributed by atoms with van der Waals surface area (Å²) < 4.78 is 16.5. The number of likely N-dealkylation sites (tertiary alicyclic amines) is 1. The van der Waals surface area contributed by atoms with Gasteiger partial charge in [0.25, 0.3) is 11.7 Å². The van der Waals surface area contributed by atoms with Gasteiger partial charge >= 0.3 is 0 Å². The fourth-order valence-electron chi connectivity index (χ4n) is 3.90. The molecule has 176 valence electrons. The zero-order valence-electron chi connectivity index (χ0n) is 19.4. The van der Waals surface area contributed by atoms with Gasteiger partial charge in [-0.05, 0) is 60.0 Å². The Labute approximate surface area is 198 Å². The van der Waals surface area contributed by atoms with Gasteiger partial charge in [0.1, 0.15) is 23.0 Å². The molecular formula is C27H27NO6. The predicted molar refractivity (Wildman–Crippen MR) is 126 cm³/mol. The molecule has 34 heavy (non-hydrogen) atoms. The number of nitrogens with zero attached hydrogens (tertiary/aromatic N) is 1. The number of furan rings is 1. The molecule has 7 nitrogen and oxygen atoms in total. The van der Waals surface area contributed by atoms with Gasteiger partial charge in [-0.25, -0.2) is 0 Å². The minimum Gasteiger partial charge on any atom is -0.507 e. The van der Waals surface area contributed by atoms with Gasteiger partial charge in [-0.15, -0.1) is 0 Å². The Morgan fingerprint density at radius 3 is 2.47 bits per heavy atom. The largest absolute Gasteiger partial charge is 0.507 e. The van der Waals surface area contributed by atoms with Gasteiger partial charge in [0.05, 0.1) is 38.1 Å². The summed E-state index contributed by atoms with van der Waals surface area (Å²) in [5, 5.41) is 11.2. The molecule has 3 aromatic rings. The Bertz CT molecular complexity index is 1190. The number of rotatable bonds is 8. The number of amides is 1. The molecule has 0 radical (unpaired) electrons. The molecule has 0 aliphatic carbocycles. The molecule has 1 aliphatic heterocycles. The minimum absolute atomic E-state index is 0.0145. The molecule has 1 amide bonds. The molecular weight excluding hydrogens is 434 g/mol. The SMILES string of the molecule is COc1cccc(C2/C(=C(/O)c3ccc(OCC(C)C)cc3)C(=O)C(=O)N2Cc2ccco2)c1. The monoisotopic (exact) mass is 461 g/mol. The molecule has 0 saturated carbocycles. The van der Waals surface area contributed by atoms with E-state index in [-0.39, 0.29) is 17.9 Å². The van der Waals surface area contributed by atoms with Crippen LogP contribution < -0.4 is 9.47 Å². The second-order valence-electron chi connectivity index (χ2n) is 8.51. The van der Waals surface area contributed by atoms with Crippen molar-refractivity contribution in [3.05, 3.63) is 89.4 Å². The van der Waals surface area contributed by atoms with Gasteiger partial charge in [-0.1, -0.05) is 26.0 Å². The lowest BCUT2D eigenvalue weighted by molar-refractivity contribution is -0.140. The highest BCUT2D eigenvalue weighted by Gasteiger charge is 2.46. The summed E-state index contributed by atoms with van der Waals surface area (Å²) >= 11 is 0. The maximum Gasteiger partial charge on any atom is 0.296 e. The molecule has 1 N–H and O–H groups in total. The Morgan fingerprint density at radius 1 is 1.06 bits per heavy atom. The molecule has 2 aromatic carbocycles. The van der Waals surface area contributed by atoms with Crippen molar-refractivity contribution in [2.75, 3.05) is 13.7 Å². The number of carbonyl (C=O) groups is 2. The third kappa shape index (κ3) is 4.69. The molecule has 0 spiro atoms. The average Bonchev–Trinajstić information content (AvgIpc) is 3.45. The minimum atomic E-state index is -0.808. The summed E-state index contributed by atoms with van der Waals surface area (Å²) in [4.78, 5) is 27.6. The van der Waals surface area contributed by atoms with E-state index >= 15 is 0 Å². The smallest absolute Gasteiger partial charge is 0.296 e. The summed E-state index contributed by atoms with van der Waals surface area (Å²) in [5.74, 6) is 0.436. The number of Topliss-reactive ketones (excluding diaryl/α,β-unsaturated/α-hetero) is 1. The van der Waals surface area contributed by atoms with E-state index in [9.17, 15) is 14.7 Å². The van der Waals surface area contributed by atoms with Crippen molar-refractivity contribution in [2.45, 2.75) is 26.4 Å². The first kappa shape index (κ1) is 23.2. The first-order valence-corrected chi connectivity index (χ1v) is 11.1. The van der Waals surface area contributed by atoms with Crippen LogP contribution in [0.25, 0.3) is 5.76 Å². The molecule has 4 rings (SSSR count). The normalized spacial score (nSPS) is 17.4. The summed E-state index contributed by atoms with van der Waals surface area (Å²) in [7, 11) is 1.54. The second kappa shape index (κ2) is 9.87. The van der Waals surface area contributed by atoms with Crippen molar-refractivity contribution >= 4 is 17.4 Å². The van der Waals surface area contributed by atoms with Crippen LogP contribution in [0.2, 0.25) is 0 Å². The van der Waals surface area contributed by atoms with E-state index < -0.39 is 17.7 Å². The lowest BCUT2D eigenvalue weighted by Crippen LogP contribution is -2.29. The molecule has 0 bridgehead atoms. The lowest BCUT2D eigenvalue weighted by Gasteiger charge is -2.24. The third-order valence-corrected chi connectivity index (χ3v) is 5.57. The van der Waals surface area contributed by atoms with Crippen LogP contribution in [0.4, 0.5) is 0 Å². The van der Waals surface area contributed by atoms with E-state index in [1.807, 2.05) is 0 Å². The Hall–Kier alpha value is -4.00. The van der Waals surface area contributed by atoms with E-state index in [4.69, 9.17) is 13.9 Å². The van der Waals surface area contributed by atoms with Gasteiger partial charge in [0.15, 0.2) is 0 Å². The van der Waals surface area contributed by atoms with Crippen LogP contribution in [0.3, 0.4) is 0 Å². The Kier molecular flexibility index (Phi) is 6.72. The fourth-order valence-corrected chi connectivity index (χ4v) is 3.90. The number of aliphatic hydroxyl groups is 1. The summed E-state index contributed by atoms with van der Waals surface area (Å²) in [6, 6.07) is 16.6. The van der Waals surface area contributed by atoms with Crippen LogP contribution in [-0.4, -0.2) is 35.4 Å². The van der Waals surface area contributed by atoms with E-state index in [1.54, 1.807) is 67.8 Å². The van der Waals surface area contributed by atoms with E-state index in [1.165, 1.54) is 11.2 Å². The first-order chi connectivity index (χ1) is 16.4. The van der Waals surface area contributed by atoms with Crippen molar-refractivity contribution < 1.29 is 28.6 Å². The first-order valence-electron chi connectivity index (χ1n) is 11.1. The molecule has 1 atom stereocenters. The van der Waals surface area contributed by atoms with E-state index in [0.29, 0.717) is 40.9 Å². The van der Waals surface area contributed by atoms with Crippen molar-refractivity contribution in [2.24, 2.45) is 5.92 Å². The second-order valence-corrected chi connectivity index (χ2v) is 8.51. The zero-order valence-corrected chi connectivity index (χ0v) is 19.4. The predicted octanol–water partition coefficient (Wildman–Crippen LogP) is 4.94. The number of aliphatic hydroxyl groups excluding tert-OH is 1. The third-order valence-electron chi connectivity index (χ3n) is 5.57. The average molecular weight is 462 g/mol. The van der Waals surface area contributed by atoms with Gasteiger partial charge in [0, 0.05) is 5.56 Å². The maximum absolute atomic E-state index is 13.1. The number of hydrogen-bond donors (Lipinski definition) is 1. The number of ketones is 1. The van der Waals surface area contributed by atoms with Crippen molar-refractivity contribution in [1.29, 1.82) is 0 Å². The zero-order chi connectivity index (χ0) is 24.2. The van der Waals surface area contributed by atoms with Crippen LogP contribution in [0.5, 0.6) is 11.5 Å². The summed E-state index contributed by atoms with van der Waals surface area (Å²) in [6.45, 7) is 4.76. The summed E-state index contributed by atoms with van der Waals surface area (Å²) in [6.07, 6.45) is 1.51. The number of carbonyl (C=O) groups excluding carboxylic acids is 2. The number of benzene rings is 2. The fraction of sp³-hybridized carbons (Fsp3) is 0.259. The molecule has 2 heterocycles. The van der Waals surface area contributed by atoms with Crippen LogP contribution in [0.1, 0.15) is 36.8 Å². The van der Waals surface area contributed by atoms with Crippen molar-refractivity contribution in [3.63, 3.8) is 0 Å². The lowest BCUT2D eigenvalue weighted by atomic mass is 9.95. The van der Waals surface area contributed by atoms with Gasteiger partial charge in [-0.3, -0.25) is 9.59 Å². The quantitative estimate of drug-likeness (QED) is 0.290. The van der Waals surface area contributed by atoms with Gasteiger partial charge < -0.3 is 23.9 Å². The molecule has 1 saturated heterocycles. The van der Waals surface area contributed by atoms with Crippen LogP contribution in [-0.2, 0) is 16.1 Å². The standard InChI is InChI=1S/C27H27NO6/c1-17(2)16-34-20-11-9-18(10-12-20)25(29)23-24(19-6-4-7-21(14-19)32-3)28(27(31)26(23)30)15-22-8-5-13-33-22/h4-14,17,24,29H,15-16H2,1-3H3/b25-23-. The molecule has 1 aromatic heterocycles. The molecule has 7 heteroatoms. The maximum atomic E-state index is 13.1. The molecule has 1 unspecified atom stereocenters. The van der Waals surface area contributed by atoms with Crippen LogP contribution in [0.15, 0.2) is 76.9 Å². The Morgan fingerprint density at radius 2 is 1.82 bits per heavy atom. The highest BCUT2D eigenvalue weighted by molar-refractivity contribution is 6.46. The van der Waals surface area contributed by atoms with Crippen molar-refractivity contribution in [3.8, 4) is 11.5 Å². The number of hydrogen-bond acceptors (Lipinski definition) is 6. The van der Waals surface area contributed by atoms with Gasteiger partial charge in [0.2, 0.25) is 0 Å². The highest BCUT2D eigenvalue weighted by Crippen LogP contribution is 2.41. The topological polar surface area (TPSA) is 89.2 Å². The highest BCUT2D eigenvalue weighted by atomic mass is 16.5. The molecule has 1 aliphatic rings. The van der Waals surface area contributed by atoms with Crippen LogP contribution in [0, 0.1) is 5.92 Å². The van der Waals surface area contributed by atoms with E-state index in [2.05, 4.69) is 13.8 Å². The summed E-state index contributed by atoms with van der Waals surface area (Å²) in [5.41, 5.74) is 1.07. The van der Waals surface area contributed by atoms with Crippen LogP contribution >= 0.6 is 0 Å². The molecule has 1 fully saturated rings. The van der Waals surface area contributed by atoms with E-state index in [0.717, 1.165) is 0 Å². The number of methoxy groups -OCH3 is 1. The van der Waals surface area contributed by atoms with Crippen molar-refractivity contribution in [1.82, 2.24) is 4.90 Å².